The van der Waals surface area contributed by atoms with Crippen LogP contribution in [0.3, 0.4) is 0 Å². The number of carbonyl (C=O) groups is 2. The Hall–Kier alpha value is -1.06. The first-order valence-corrected chi connectivity index (χ1v) is 5.56. The third kappa shape index (κ3) is 3.22. The molecule has 86 valence electrons. The molecule has 4 nitrogen and oxygen atoms in total. The molecule has 1 aliphatic heterocycles. The molecule has 0 unspecified atom stereocenters. The van der Waals surface area contributed by atoms with Crippen LogP contribution in [-0.2, 0) is 14.3 Å². The van der Waals surface area contributed by atoms with E-state index in [4.69, 9.17) is 0 Å². The van der Waals surface area contributed by atoms with Gasteiger partial charge in [-0.3, -0.25) is 9.59 Å². The first-order valence-electron chi connectivity index (χ1n) is 5.56. The molecule has 4 heteroatoms. The molecular formula is C11H19NO3. The first kappa shape index (κ1) is 12.0. The lowest BCUT2D eigenvalue weighted by Crippen LogP contribution is -2.32. The monoisotopic (exact) mass is 213 g/mol. The quantitative estimate of drug-likeness (QED) is 0.552. The zero-order valence-electron chi connectivity index (χ0n) is 9.41. The molecule has 0 saturated carbocycles. The third-order valence-corrected chi connectivity index (χ3v) is 2.86. The van der Waals surface area contributed by atoms with Crippen LogP contribution in [-0.4, -0.2) is 25.0 Å². The summed E-state index contributed by atoms with van der Waals surface area (Å²) in [6, 6.07) is -0.0171. The standard InChI is InChI=1S/C11H19NO3/c1-3-4-5-6-9-8(11(14)15-2)7-10(13)12-9/h8-9H,3-7H2,1-2H3,(H,12,13)/t8-,9+/m1/s1. The molecular weight excluding hydrogens is 194 g/mol. The molecule has 0 radical (unpaired) electrons. The number of rotatable bonds is 5. The van der Waals surface area contributed by atoms with Gasteiger partial charge in [0.1, 0.15) is 0 Å². The highest BCUT2D eigenvalue weighted by Crippen LogP contribution is 2.22. The van der Waals surface area contributed by atoms with Crippen molar-refractivity contribution in [3.8, 4) is 0 Å². The van der Waals surface area contributed by atoms with E-state index >= 15 is 0 Å². The second-order valence-electron chi connectivity index (χ2n) is 4.00. The summed E-state index contributed by atoms with van der Waals surface area (Å²) in [6.45, 7) is 2.13. The molecule has 0 aromatic heterocycles. The Morgan fingerprint density at radius 3 is 2.87 bits per heavy atom. The van der Waals surface area contributed by atoms with Crippen molar-refractivity contribution in [2.45, 2.75) is 45.1 Å². The molecule has 1 heterocycles. The summed E-state index contributed by atoms with van der Waals surface area (Å²) >= 11 is 0. The summed E-state index contributed by atoms with van der Waals surface area (Å²) < 4.78 is 4.69. The number of nitrogens with one attached hydrogen (secondary N) is 1. The lowest BCUT2D eigenvalue weighted by atomic mass is 9.96. The highest BCUT2D eigenvalue weighted by Gasteiger charge is 2.37. The minimum absolute atomic E-state index is 0.0171. The van der Waals surface area contributed by atoms with Crippen LogP contribution in [0.4, 0.5) is 0 Å². The molecule has 0 aromatic rings. The largest absolute Gasteiger partial charge is 0.469 e. The zero-order valence-corrected chi connectivity index (χ0v) is 9.41. The van der Waals surface area contributed by atoms with E-state index in [9.17, 15) is 9.59 Å². The van der Waals surface area contributed by atoms with Gasteiger partial charge in [-0.1, -0.05) is 26.2 Å². The molecule has 0 spiro atoms. The summed E-state index contributed by atoms with van der Waals surface area (Å²) in [4.78, 5) is 22.6. The minimum atomic E-state index is -0.278. The van der Waals surface area contributed by atoms with E-state index < -0.39 is 0 Å². The SMILES string of the molecule is CCCCC[C@@H]1NC(=O)C[C@H]1C(=O)OC. The minimum Gasteiger partial charge on any atom is -0.469 e. The maximum absolute atomic E-state index is 11.4. The van der Waals surface area contributed by atoms with Crippen molar-refractivity contribution in [2.24, 2.45) is 5.92 Å². The number of ether oxygens (including phenoxy) is 1. The van der Waals surface area contributed by atoms with E-state index in [1.165, 1.54) is 7.11 Å². The number of hydrogen-bond acceptors (Lipinski definition) is 3. The highest BCUT2D eigenvalue weighted by molar-refractivity contribution is 5.87. The van der Waals surface area contributed by atoms with E-state index in [1.807, 2.05) is 0 Å². The fraction of sp³-hybridized carbons (Fsp3) is 0.818. The maximum atomic E-state index is 11.4. The normalized spacial score (nSPS) is 25.1. The molecule has 1 rings (SSSR count). The zero-order chi connectivity index (χ0) is 11.3. The number of carbonyl (C=O) groups excluding carboxylic acids is 2. The summed E-state index contributed by atoms with van der Waals surface area (Å²) in [5.41, 5.74) is 0. The molecule has 0 aromatic carbocycles. The highest BCUT2D eigenvalue weighted by atomic mass is 16.5. The van der Waals surface area contributed by atoms with Gasteiger partial charge in [0.25, 0.3) is 0 Å². The Morgan fingerprint density at radius 1 is 1.53 bits per heavy atom. The molecule has 0 bridgehead atoms. The fourth-order valence-corrected chi connectivity index (χ4v) is 1.99. The van der Waals surface area contributed by atoms with Gasteiger partial charge in [-0.15, -0.1) is 0 Å². The second kappa shape index (κ2) is 5.73. The Kier molecular flexibility index (Phi) is 4.59. The second-order valence-corrected chi connectivity index (χ2v) is 4.00. The Bertz CT molecular complexity index is 240. The molecule has 1 fully saturated rings. The van der Waals surface area contributed by atoms with Gasteiger partial charge < -0.3 is 10.1 Å². The van der Waals surface area contributed by atoms with Crippen LogP contribution >= 0.6 is 0 Å². The summed E-state index contributed by atoms with van der Waals surface area (Å²) in [5.74, 6) is -0.582. The van der Waals surface area contributed by atoms with Gasteiger partial charge in [-0.05, 0) is 6.42 Å². The predicted molar refractivity (Wildman–Crippen MR) is 56.2 cm³/mol. The third-order valence-electron chi connectivity index (χ3n) is 2.86. The molecule has 0 aliphatic carbocycles. The van der Waals surface area contributed by atoms with Gasteiger partial charge in [-0.2, -0.15) is 0 Å². The maximum Gasteiger partial charge on any atom is 0.311 e. The van der Waals surface area contributed by atoms with Crippen LogP contribution in [0.1, 0.15) is 39.0 Å². The van der Waals surface area contributed by atoms with Gasteiger partial charge >= 0.3 is 5.97 Å². The van der Waals surface area contributed by atoms with Crippen molar-refractivity contribution in [2.75, 3.05) is 7.11 Å². The number of unbranched alkanes of at least 4 members (excludes halogenated alkanes) is 2. The smallest absolute Gasteiger partial charge is 0.311 e. The lowest BCUT2D eigenvalue weighted by Gasteiger charge is -2.16. The predicted octanol–water partition coefficient (Wildman–Crippen LogP) is 1.24. The summed E-state index contributed by atoms with van der Waals surface area (Å²) in [6.07, 6.45) is 4.49. The van der Waals surface area contributed by atoms with Crippen molar-refractivity contribution >= 4 is 11.9 Å². The van der Waals surface area contributed by atoms with Crippen LogP contribution in [0, 0.1) is 5.92 Å². The van der Waals surface area contributed by atoms with Crippen LogP contribution in [0.5, 0.6) is 0 Å². The van der Waals surface area contributed by atoms with Gasteiger partial charge in [-0.25, -0.2) is 0 Å². The average molecular weight is 213 g/mol. The first-order chi connectivity index (χ1) is 7.19. The Balaban J connectivity index is 2.45. The van der Waals surface area contributed by atoms with E-state index in [-0.39, 0.29) is 30.3 Å². The van der Waals surface area contributed by atoms with E-state index in [1.54, 1.807) is 0 Å². The van der Waals surface area contributed by atoms with Crippen LogP contribution in [0.25, 0.3) is 0 Å². The van der Waals surface area contributed by atoms with E-state index in [0.29, 0.717) is 0 Å². The Morgan fingerprint density at radius 2 is 2.27 bits per heavy atom. The molecule has 1 N–H and O–H groups in total. The Labute approximate surface area is 90.4 Å². The number of amides is 1. The molecule has 1 aliphatic rings. The number of esters is 1. The molecule has 2 atom stereocenters. The van der Waals surface area contributed by atoms with Crippen molar-refractivity contribution in [1.82, 2.24) is 5.32 Å². The van der Waals surface area contributed by atoms with E-state index in [0.717, 1.165) is 25.7 Å². The average Bonchev–Trinajstić information content (AvgIpc) is 2.59. The van der Waals surface area contributed by atoms with Crippen LogP contribution in [0.15, 0.2) is 0 Å². The number of hydrogen-bond donors (Lipinski definition) is 1. The topological polar surface area (TPSA) is 55.4 Å². The fourth-order valence-electron chi connectivity index (χ4n) is 1.99. The molecule has 15 heavy (non-hydrogen) atoms. The van der Waals surface area contributed by atoms with E-state index in [2.05, 4.69) is 17.0 Å². The van der Waals surface area contributed by atoms with Crippen LogP contribution in [0.2, 0.25) is 0 Å². The number of methoxy groups -OCH3 is 1. The summed E-state index contributed by atoms with van der Waals surface area (Å²) in [7, 11) is 1.37. The molecule has 1 amide bonds. The van der Waals surface area contributed by atoms with Crippen molar-refractivity contribution < 1.29 is 14.3 Å². The van der Waals surface area contributed by atoms with Gasteiger partial charge in [0, 0.05) is 12.5 Å². The van der Waals surface area contributed by atoms with Crippen molar-refractivity contribution in [3.05, 3.63) is 0 Å². The van der Waals surface area contributed by atoms with Crippen molar-refractivity contribution in [3.63, 3.8) is 0 Å². The van der Waals surface area contributed by atoms with Crippen LogP contribution < -0.4 is 5.32 Å². The lowest BCUT2D eigenvalue weighted by molar-refractivity contribution is -0.146. The van der Waals surface area contributed by atoms with Gasteiger partial charge in [0.2, 0.25) is 5.91 Å². The van der Waals surface area contributed by atoms with Gasteiger partial charge in [0.05, 0.1) is 13.0 Å². The summed E-state index contributed by atoms with van der Waals surface area (Å²) in [5, 5.41) is 2.84. The van der Waals surface area contributed by atoms with Gasteiger partial charge in [0.15, 0.2) is 0 Å². The molecule has 1 saturated heterocycles. The van der Waals surface area contributed by atoms with Crippen molar-refractivity contribution in [1.29, 1.82) is 0 Å².